The summed E-state index contributed by atoms with van der Waals surface area (Å²) in [6.45, 7) is 8.08. The van der Waals surface area contributed by atoms with Crippen molar-refractivity contribution in [2.45, 2.75) is 32.9 Å². The second-order valence-electron chi connectivity index (χ2n) is 7.16. The van der Waals surface area contributed by atoms with Gasteiger partial charge >= 0.3 is 0 Å². The number of guanidine groups is 1. The monoisotopic (exact) mass is 410 g/mol. The molecule has 0 unspecified atom stereocenters. The van der Waals surface area contributed by atoms with Gasteiger partial charge in [0.2, 0.25) is 0 Å². The van der Waals surface area contributed by atoms with Crippen LogP contribution in [-0.2, 0) is 27.7 Å². The maximum Gasteiger partial charge on any atom is 0.191 e. The molecule has 1 saturated heterocycles. The minimum atomic E-state index is -2.97. The van der Waals surface area contributed by atoms with E-state index in [0.29, 0.717) is 19.7 Å². The molecule has 7 nitrogen and oxygen atoms in total. The molecule has 0 aromatic heterocycles. The predicted octanol–water partition coefficient (Wildman–Crippen LogP) is 1.40. The summed E-state index contributed by atoms with van der Waals surface area (Å²) < 4.78 is 27.5. The lowest BCUT2D eigenvalue weighted by molar-refractivity contribution is 0.154. The molecule has 1 aliphatic rings. The first-order valence-corrected chi connectivity index (χ1v) is 12.1. The van der Waals surface area contributed by atoms with Crippen LogP contribution in [0.25, 0.3) is 0 Å². The van der Waals surface area contributed by atoms with E-state index in [1.165, 1.54) is 43.3 Å². The highest BCUT2D eigenvalue weighted by molar-refractivity contribution is 7.90. The van der Waals surface area contributed by atoms with Gasteiger partial charge in [0.15, 0.2) is 5.96 Å². The van der Waals surface area contributed by atoms with Crippen molar-refractivity contribution in [1.82, 2.24) is 15.5 Å². The highest BCUT2D eigenvalue weighted by Gasteiger charge is 2.11. The highest BCUT2D eigenvalue weighted by atomic mass is 32.2. The molecule has 158 valence electrons. The molecular formula is C20H34N4O3S. The minimum absolute atomic E-state index is 0.0505. The maximum absolute atomic E-state index is 11.1. The van der Waals surface area contributed by atoms with Gasteiger partial charge in [-0.2, -0.15) is 0 Å². The molecule has 0 saturated carbocycles. The van der Waals surface area contributed by atoms with Crippen molar-refractivity contribution in [1.29, 1.82) is 0 Å². The largest absolute Gasteiger partial charge is 0.379 e. The first-order valence-electron chi connectivity index (χ1n) is 10.0. The van der Waals surface area contributed by atoms with Crippen LogP contribution in [0.4, 0.5) is 0 Å². The van der Waals surface area contributed by atoms with E-state index < -0.39 is 9.84 Å². The van der Waals surface area contributed by atoms with Crippen molar-refractivity contribution in [2.75, 3.05) is 51.4 Å². The van der Waals surface area contributed by atoms with Gasteiger partial charge in [-0.15, -0.1) is 0 Å². The number of aliphatic imine (C=N–C) groups is 1. The Balaban J connectivity index is 1.73. The number of hydrogen-bond donors (Lipinski definition) is 2. The van der Waals surface area contributed by atoms with Gasteiger partial charge in [-0.1, -0.05) is 24.3 Å². The standard InChI is InChI=1S/C20H34N4O3S/c1-3-21-20(22-10-13-27-14-15-28(2,25)26)23-16-18-6-8-19(9-7-18)17-24-11-4-5-12-24/h6-9H,3-5,10-17H2,1-2H3,(H2,21,22,23). The van der Waals surface area contributed by atoms with Crippen molar-refractivity contribution in [3.8, 4) is 0 Å². The van der Waals surface area contributed by atoms with Crippen LogP contribution in [-0.4, -0.2) is 70.7 Å². The summed E-state index contributed by atoms with van der Waals surface area (Å²) in [6, 6.07) is 8.68. The Morgan fingerprint density at radius 3 is 2.43 bits per heavy atom. The van der Waals surface area contributed by atoms with Gasteiger partial charge < -0.3 is 15.4 Å². The Morgan fingerprint density at radius 2 is 1.79 bits per heavy atom. The summed E-state index contributed by atoms with van der Waals surface area (Å²) in [5.41, 5.74) is 2.53. The number of sulfone groups is 1. The van der Waals surface area contributed by atoms with Crippen LogP contribution in [0.2, 0.25) is 0 Å². The summed E-state index contributed by atoms with van der Waals surface area (Å²) in [7, 11) is -2.97. The summed E-state index contributed by atoms with van der Waals surface area (Å²) in [5.74, 6) is 0.782. The first kappa shape index (κ1) is 22.6. The second-order valence-corrected chi connectivity index (χ2v) is 9.42. The van der Waals surface area contributed by atoms with Crippen LogP contribution in [0.5, 0.6) is 0 Å². The van der Waals surface area contributed by atoms with E-state index in [0.717, 1.165) is 19.0 Å². The molecule has 0 atom stereocenters. The van der Waals surface area contributed by atoms with Gasteiger partial charge in [0, 0.05) is 25.9 Å². The van der Waals surface area contributed by atoms with Crippen LogP contribution in [0, 0.1) is 0 Å². The van der Waals surface area contributed by atoms with Gasteiger partial charge in [-0.05, 0) is 44.0 Å². The number of likely N-dealkylation sites (tertiary alicyclic amines) is 1. The molecule has 1 heterocycles. The Labute approximate surface area is 169 Å². The third-order valence-electron chi connectivity index (χ3n) is 4.53. The number of benzene rings is 1. The molecular weight excluding hydrogens is 376 g/mol. The zero-order chi connectivity index (χ0) is 20.2. The lowest BCUT2D eigenvalue weighted by Gasteiger charge is -2.14. The smallest absolute Gasteiger partial charge is 0.191 e. The molecule has 2 N–H and O–H groups in total. The van der Waals surface area contributed by atoms with Gasteiger partial charge in [0.1, 0.15) is 9.84 Å². The van der Waals surface area contributed by atoms with Crippen LogP contribution < -0.4 is 10.6 Å². The molecule has 1 fully saturated rings. The molecule has 1 aliphatic heterocycles. The second kappa shape index (κ2) is 12.0. The molecule has 8 heteroatoms. The highest BCUT2D eigenvalue weighted by Crippen LogP contribution is 2.13. The average Bonchev–Trinajstić information content (AvgIpc) is 3.16. The fourth-order valence-electron chi connectivity index (χ4n) is 3.02. The Hall–Kier alpha value is -1.64. The number of ether oxygens (including phenoxy) is 1. The Morgan fingerprint density at radius 1 is 1.11 bits per heavy atom. The summed E-state index contributed by atoms with van der Waals surface area (Å²) in [5, 5.41) is 6.41. The molecule has 0 aliphatic carbocycles. The van der Waals surface area contributed by atoms with Gasteiger partial charge in [-0.25, -0.2) is 13.4 Å². The molecule has 2 rings (SSSR count). The van der Waals surface area contributed by atoms with Crippen molar-refractivity contribution < 1.29 is 13.2 Å². The first-order chi connectivity index (χ1) is 13.5. The molecule has 0 amide bonds. The lowest BCUT2D eigenvalue weighted by atomic mass is 10.1. The number of nitrogens with zero attached hydrogens (tertiary/aromatic N) is 2. The normalized spacial score (nSPS) is 15.7. The van der Waals surface area contributed by atoms with Crippen LogP contribution in [0.15, 0.2) is 29.3 Å². The quantitative estimate of drug-likeness (QED) is 0.326. The number of rotatable bonds is 11. The zero-order valence-corrected chi connectivity index (χ0v) is 17.9. The van der Waals surface area contributed by atoms with E-state index in [1.54, 1.807) is 0 Å². The summed E-state index contributed by atoms with van der Waals surface area (Å²) >= 11 is 0. The van der Waals surface area contributed by atoms with Gasteiger partial charge in [0.25, 0.3) is 0 Å². The SMILES string of the molecule is CCNC(=NCc1ccc(CN2CCCC2)cc1)NCCOCCS(C)(=O)=O. The van der Waals surface area contributed by atoms with E-state index >= 15 is 0 Å². The Bertz CT molecular complexity index is 699. The maximum atomic E-state index is 11.1. The molecule has 28 heavy (non-hydrogen) atoms. The Kier molecular flexibility index (Phi) is 9.73. The zero-order valence-electron chi connectivity index (χ0n) is 17.1. The minimum Gasteiger partial charge on any atom is -0.379 e. The van der Waals surface area contributed by atoms with Crippen molar-refractivity contribution in [3.05, 3.63) is 35.4 Å². The topological polar surface area (TPSA) is 83.0 Å². The predicted molar refractivity (Wildman–Crippen MR) is 114 cm³/mol. The third kappa shape index (κ3) is 9.52. The fourth-order valence-corrected chi connectivity index (χ4v) is 3.44. The molecule has 1 aromatic carbocycles. The molecule has 0 radical (unpaired) electrons. The van der Waals surface area contributed by atoms with Crippen molar-refractivity contribution in [2.24, 2.45) is 4.99 Å². The van der Waals surface area contributed by atoms with E-state index in [4.69, 9.17) is 4.74 Å². The van der Waals surface area contributed by atoms with Crippen molar-refractivity contribution >= 4 is 15.8 Å². The van der Waals surface area contributed by atoms with E-state index in [1.807, 2.05) is 6.92 Å². The van der Waals surface area contributed by atoms with E-state index in [-0.39, 0.29) is 12.4 Å². The summed E-state index contributed by atoms with van der Waals surface area (Å²) in [6.07, 6.45) is 3.84. The molecule has 0 spiro atoms. The van der Waals surface area contributed by atoms with Crippen molar-refractivity contribution in [3.63, 3.8) is 0 Å². The molecule has 1 aromatic rings. The van der Waals surface area contributed by atoms with E-state index in [9.17, 15) is 8.42 Å². The number of nitrogens with one attached hydrogen (secondary N) is 2. The van der Waals surface area contributed by atoms with E-state index in [2.05, 4.69) is 44.8 Å². The third-order valence-corrected chi connectivity index (χ3v) is 5.44. The number of hydrogen-bond acceptors (Lipinski definition) is 5. The lowest BCUT2D eigenvalue weighted by Crippen LogP contribution is -2.39. The molecule has 0 bridgehead atoms. The van der Waals surface area contributed by atoms with Crippen LogP contribution in [0.3, 0.4) is 0 Å². The van der Waals surface area contributed by atoms with Gasteiger partial charge in [-0.3, -0.25) is 4.90 Å². The summed E-state index contributed by atoms with van der Waals surface area (Å²) in [4.78, 5) is 7.10. The fraction of sp³-hybridized carbons (Fsp3) is 0.650. The van der Waals surface area contributed by atoms with Crippen LogP contribution in [0.1, 0.15) is 30.9 Å². The van der Waals surface area contributed by atoms with Crippen LogP contribution >= 0.6 is 0 Å². The average molecular weight is 411 g/mol. The van der Waals surface area contributed by atoms with Gasteiger partial charge in [0.05, 0.1) is 25.5 Å².